The largest absolute Gasteiger partial charge is 0.387 e. The summed E-state index contributed by atoms with van der Waals surface area (Å²) < 4.78 is 0. The van der Waals surface area contributed by atoms with Gasteiger partial charge in [-0.2, -0.15) is 0 Å². The first-order valence-electron chi connectivity index (χ1n) is 10.0. The lowest BCUT2D eigenvalue weighted by Gasteiger charge is -2.43. The summed E-state index contributed by atoms with van der Waals surface area (Å²) in [6.07, 6.45) is 0.988. The van der Waals surface area contributed by atoms with Crippen LogP contribution in [0.5, 0.6) is 0 Å². The van der Waals surface area contributed by atoms with Gasteiger partial charge in [-0.1, -0.05) is 42.5 Å². The van der Waals surface area contributed by atoms with Crippen LogP contribution in [0, 0.1) is 0 Å². The van der Waals surface area contributed by atoms with Gasteiger partial charge in [-0.25, -0.2) is 0 Å². The Bertz CT molecular complexity index is 828. The molecule has 154 valence electrons. The lowest BCUT2D eigenvalue weighted by molar-refractivity contribution is -0.121. The molecule has 0 saturated carbocycles. The molecule has 6 nitrogen and oxygen atoms in total. The molecule has 29 heavy (non-hydrogen) atoms. The van der Waals surface area contributed by atoms with Crippen LogP contribution in [0.2, 0.25) is 0 Å². The molecule has 1 aliphatic heterocycles. The van der Waals surface area contributed by atoms with Crippen LogP contribution in [-0.4, -0.2) is 41.5 Å². The molecule has 2 aromatic carbocycles. The highest BCUT2D eigenvalue weighted by molar-refractivity contribution is 5.88. The second-order valence-corrected chi connectivity index (χ2v) is 7.75. The van der Waals surface area contributed by atoms with E-state index in [1.165, 1.54) is 6.92 Å². The van der Waals surface area contributed by atoms with Crippen LogP contribution in [0.4, 0.5) is 5.69 Å². The van der Waals surface area contributed by atoms with Gasteiger partial charge in [-0.05, 0) is 36.1 Å². The van der Waals surface area contributed by atoms with Gasteiger partial charge in [0.25, 0.3) is 0 Å². The lowest BCUT2D eigenvalue weighted by Crippen LogP contribution is -2.53. The Labute approximate surface area is 171 Å². The number of piperidine rings is 1. The van der Waals surface area contributed by atoms with E-state index in [9.17, 15) is 14.7 Å². The zero-order valence-electron chi connectivity index (χ0n) is 17.0. The molecule has 0 radical (unpaired) electrons. The maximum Gasteiger partial charge on any atom is 0.221 e. The third-order valence-corrected chi connectivity index (χ3v) is 5.50. The van der Waals surface area contributed by atoms with Crippen molar-refractivity contribution in [2.24, 2.45) is 0 Å². The lowest BCUT2D eigenvalue weighted by atomic mass is 9.80. The van der Waals surface area contributed by atoms with Crippen molar-refractivity contribution < 1.29 is 14.7 Å². The van der Waals surface area contributed by atoms with Crippen molar-refractivity contribution in [3.05, 3.63) is 65.7 Å². The van der Waals surface area contributed by atoms with E-state index in [1.54, 1.807) is 19.1 Å². The highest BCUT2D eigenvalue weighted by Gasteiger charge is 2.37. The van der Waals surface area contributed by atoms with E-state index >= 15 is 0 Å². The summed E-state index contributed by atoms with van der Waals surface area (Å²) in [5.41, 5.74) is 2.31. The Balaban J connectivity index is 1.62. The maximum atomic E-state index is 11.8. The van der Waals surface area contributed by atoms with Crippen LogP contribution in [0.15, 0.2) is 54.6 Å². The number of benzene rings is 2. The van der Waals surface area contributed by atoms with Crippen molar-refractivity contribution in [1.82, 2.24) is 10.2 Å². The maximum absolute atomic E-state index is 11.8. The number of anilines is 1. The number of aliphatic hydroxyl groups excluding tert-OH is 1. The molecular formula is C23H29N3O3. The number of hydrogen-bond acceptors (Lipinski definition) is 4. The molecule has 1 unspecified atom stereocenters. The minimum atomic E-state index is -0.605. The van der Waals surface area contributed by atoms with Gasteiger partial charge in [0, 0.05) is 39.2 Å². The SMILES string of the molecule is CC(=O)Nc1ccc(C(O)CN2CCC(NC(C)=O)(c3ccccc3)CC2)cc1. The molecule has 1 aliphatic rings. The van der Waals surface area contributed by atoms with E-state index in [2.05, 4.69) is 27.7 Å². The third kappa shape index (κ3) is 5.43. The van der Waals surface area contributed by atoms with Crippen molar-refractivity contribution in [2.45, 2.75) is 38.3 Å². The van der Waals surface area contributed by atoms with Crippen LogP contribution < -0.4 is 10.6 Å². The fourth-order valence-electron chi connectivity index (χ4n) is 4.04. The molecule has 0 aliphatic carbocycles. The molecule has 0 spiro atoms. The molecule has 2 amide bonds. The number of β-amino-alcohol motifs (C(OH)–C–C–N with tert-alkyl or cyclic N) is 1. The summed E-state index contributed by atoms with van der Waals surface area (Å²) >= 11 is 0. The summed E-state index contributed by atoms with van der Waals surface area (Å²) in [6.45, 7) is 5.14. The highest BCUT2D eigenvalue weighted by Crippen LogP contribution is 2.33. The Morgan fingerprint density at radius 2 is 1.62 bits per heavy atom. The Hall–Kier alpha value is -2.70. The number of amides is 2. The predicted molar refractivity (Wildman–Crippen MR) is 113 cm³/mol. The molecule has 0 bridgehead atoms. The summed E-state index contributed by atoms with van der Waals surface area (Å²) in [5, 5.41) is 16.5. The predicted octanol–water partition coefficient (Wildman–Crippen LogP) is 2.81. The van der Waals surface area contributed by atoms with Crippen LogP contribution in [0.1, 0.15) is 43.9 Å². The van der Waals surface area contributed by atoms with Crippen molar-refractivity contribution >= 4 is 17.5 Å². The number of hydrogen-bond donors (Lipinski definition) is 3. The number of rotatable bonds is 6. The van der Waals surface area contributed by atoms with Crippen LogP contribution in [0.25, 0.3) is 0 Å². The molecule has 1 saturated heterocycles. The summed E-state index contributed by atoms with van der Waals surface area (Å²) in [4.78, 5) is 25.2. The zero-order valence-corrected chi connectivity index (χ0v) is 17.0. The number of likely N-dealkylation sites (tertiary alicyclic amines) is 1. The van der Waals surface area contributed by atoms with E-state index in [1.807, 2.05) is 30.3 Å². The van der Waals surface area contributed by atoms with Gasteiger partial charge < -0.3 is 20.6 Å². The minimum absolute atomic E-state index is 0.0263. The smallest absolute Gasteiger partial charge is 0.221 e. The topological polar surface area (TPSA) is 81.7 Å². The van der Waals surface area contributed by atoms with Gasteiger partial charge in [-0.3, -0.25) is 9.59 Å². The average Bonchev–Trinajstić information content (AvgIpc) is 2.70. The Morgan fingerprint density at radius 1 is 1.00 bits per heavy atom. The molecule has 0 aromatic heterocycles. The first kappa shape index (κ1) is 21.0. The van der Waals surface area contributed by atoms with Gasteiger partial charge in [0.1, 0.15) is 0 Å². The van der Waals surface area contributed by atoms with Crippen molar-refractivity contribution in [3.63, 3.8) is 0 Å². The van der Waals surface area contributed by atoms with E-state index in [4.69, 9.17) is 0 Å². The van der Waals surface area contributed by atoms with Gasteiger partial charge >= 0.3 is 0 Å². The number of nitrogens with zero attached hydrogens (tertiary/aromatic N) is 1. The van der Waals surface area contributed by atoms with Crippen LogP contribution in [0.3, 0.4) is 0 Å². The second kappa shape index (κ2) is 9.20. The first-order chi connectivity index (χ1) is 13.9. The van der Waals surface area contributed by atoms with E-state index in [0.717, 1.165) is 42.7 Å². The highest BCUT2D eigenvalue weighted by atomic mass is 16.3. The molecule has 1 heterocycles. The second-order valence-electron chi connectivity index (χ2n) is 7.75. The summed E-state index contributed by atoms with van der Waals surface area (Å²) in [6, 6.07) is 17.4. The molecule has 1 fully saturated rings. The van der Waals surface area contributed by atoms with Crippen molar-refractivity contribution in [3.8, 4) is 0 Å². The van der Waals surface area contributed by atoms with Gasteiger partial charge in [-0.15, -0.1) is 0 Å². The fourth-order valence-corrected chi connectivity index (χ4v) is 4.04. The van der Waals surface area contributed by atoms with Crippen molar-refractivity contribution in [1.29, 1.82) is 0 Å². The third-order valence-electron chi connectivity index (χ3n) is 5.50. The number of aliphatic hydroxyl groups is 1. The molecule has 2 aromatic rings. The average molecular weight is 396 g/mol. The monoisotopic (exact) mass is 395 g/mol. The molecule has 3 rings (SSSR count). The van der Waals surface area contributed by atoms with Gasteiger partial charge in [0.05, 0.1) is 11.6 Å². The Morgan fingerprint density at radius 3 is 2.17 bits per heavy atom. The number of nitrogens with one attached hydrogen (secondary N) is 2. The molecule has 6 heteroatoms. The minimum Gasteiger partial charge on any atom is -0.387 e. The number of carbonyl (C=O) groups is 2. The van der Waals surface area contributed by atoms with Gasteiger partial charge in [0.15, 0.2) is 0 Å². The first-order valence-corrected chi connectivity index (χ1v) is 10.0. The van der Waals surface area contributed by atoms with Gasteiger partial charge in [0.2, 0.25) is 11.8 Å². The standard InChI is InChI=1S/C23H29N3O3/c1-17(27)24-21-10-8-19(9-11-21)22(29)16-26-14-12-23(13-15-26,25-18(2)28)20-6-4-3-5-7-20/h3-11,22,29H,12-16H2,1-2H3,(H,24,27)(H,25,28). The quantitative estimate of drug-likeness (QED) is 0.703. The number of carbonyl (C=O) groups excluding carboxylic acids is 2. The van der Waals surface area contributed by atoms with E-state index < -0.39 is 6.10 Å². The van der Waals surface area contributed by atoms with Crippen LogP contribution >= 0.6 is 0 Å². The zero-order chi connectivity index (χ0) is 20.9. The Kier molecular flexibility index (Phi) is 6.67. The normalized spacial score (nSPS) is 17.3. The molecule has 3 N–H and O–H groups in total. The summed E-state index contributed by atoms with van der Waals surface area (Å²) in [5.74, 6) is -0.144. The van der Waals surface area contributed by atoms with Crippen LogP contribution in [-0.2, 0) is 15.1 Å². The fraction of sp³-hybridized carbons (Fsp3) is 0.391. The van der Waals surface area contributed by atoms with E-state index in [-0.39, 0.29) is 17.4 Å². The molecule has 1 atom stereocenters. The van der Waals surface area contributed by atoms with Crippen molar-refractivity contribution in [2.75, 3.05) is 25.0 Å². The summed E-state index contributed by atoms with van der Waals surface area (Å²) in [7, 11) is 0. The van der Waals surface area contributed by atoms with E-state index in [0.29, 0.717) is 6.54 Å². The molecular weight excluding hydrogens is 366 g/mol.